The van der Waals surface area contributed by atoms with E-state index in [1.165, 1.54) is 12.5 Å². The van der Waals surface area contributed by atoms with Gasteiger partial charge in [-0.15, -0.1) is 0 Å². The van der Waals surface area contributed by atoms with Crippen molar-refractivity contribution in [3.05, 3.63) is 34.9 Å². The van der Waals surface area contributed by atoms with Crippen molar-refractivity contribution in [2.45, 2.75) is 37.6 Å². The summed E-state index contributed by atoms with van der Waals surface area (Å²) in [5.41, 5.74) is 1.64. The van der Waals surface area contributed by atoms with Crippen LogP contribution in [0.4, 0.5) is 8.78 Å². The summed E-state index contributed by atoms with van der Waals surface area (Å²) in [6.07, 6.45) is 4.04. The van der Waals surface area contributed by atoms with Gasteiger partial charge in [0.05, 0.1) is 0 Å². The molecule has 1 heterocycles. The van der Waals surface area contributed by atoms with E-state index in [4.69, 9.17) is 0 Å². The second-order valence-corrected chi connectivity index (χ2v) is 4.81. The minimum absolute atomic E-state index is 0.248. The zero-order valence-electron chi connectivity index (χ0n) is 9.10. The van der Waals surface area contributed by atoms with Crippen LogP contribution in [0.1, 0.15) is 36.3 Å². The number of hydrogen-bond acceptors (Lipinski definition) is 1. The molecule has 16 heavy (non-hydrogen) atoms. The predicted molar refractivity (Wildman–Crippen MR) is 58.4 cm³/mol. The van der Waals surface area contributed by atoms with E-state index >= 15 is 0 Å². The lowest BCUT2D eigenvalue weighted by molar-refractivity contribution is 0.467. The van der Waals surface area contributed by atoms with E-state index in [0.717, 1.165) is 43.0 Å². The lowest BCUT2D eigenvalue weighted by atomic mass is 9.92. The third-order valence-electron chi connectivity index (χ3n) is 3.86. The van der Waals surface area contributed by atoms with E-state index in [0.29, 0.717) is 6.04 Å². The van der Waals surface area contributed by atoms with Crippen LogP contribution in [-0.4, -0.2) is 12.6 Å². The Balaban J connectivity index is 1.98. The summed E-state index contributed by atoms with van der Waals surface area (Å²) in [5.74, 6) is -0.555. The number of rotatable bonds is 1. The van der Waals surface area contributed by atoms with Crippen LogP contribution in [0.15, 0.2) is 12.1 Å². The van der Waals surface area contributed by atoms with Crippen molar-refractivity contribution < 1.29 is 8.78 Å². The number of halogens is 2. The van der Waals surface area contributed by atoms with Crippen molar-refractivity contribution in [3.8, 4) is 0 Å². The van der Waals surface area contributed by atoms with Gasteiger partial charge in [0.15, 0.2) is 0 Å². The zero-order valence-corrected chi connectivity index (χ0v) is 9.10. The summed E-state index contributed by atoms with van der Waals surface area (Å²) in [5, 5.41) is 3.42. The van der Waals surface area contributed by atoms with Crippen LogP contribution in [0.3, 0.4) is 0 Å². The van der Waals surface area contributed by atoms with Crippen LogP contribution in [0, 0.1) is 11.6 Å². The lowest BCUT2D eigenvalue weighted by Crippen LogP contribution is -2.28. The van der Waals surface area contributed by atoms with Gasteiger partial charge in [-0.1, -0.05) is 0 Å². The van der Waals surface area contributed by atoms with Crippen LogP contribution in [-0.2, 0) is 6.42 Å². The van der Waals surface area contributed by atoms with E-state index in [9.17, 15) is 8.78 Å². The van der Waals surface area contributed by atoms with Gasteiger partial charge in [-0.05, 0) is 49.4 Å². The van der Waals surface area contributed by atoms with Gasteiger partial charge in [-0.2, -0.15) is 0 Å². The predicted octanol–water partition coefficient (Wildman–Crippen LogP) is 2.75. The van der Waals surface area contributed by atoms with Gasteiger partial charge in [0.25, 0.3) is 0 Å². The highest BCUT2D eigenvalue weighted by Crippen LogP contribution is 2.39. The summed E-state index contributed by atoms with van der Waals surface area (Å²) in [6, 6.07) is 2.90. The Bertz CT molecular complexity index is 411. The van der Waals surface area contributed by atoms with Gasteiger partial charge in [-0.25, -0.2) is 8.78 Å². The topological polar surface area (TPSA) is 12.0 Å². The molecule has 1 aliphatic carbocycles. The van der Waals surface area contributed by atoms with Crippen LogP contribution in [0.2, 0.25) is 0 Å². The number of nitrogens with one attached hydrogen (secondary N) is 1. The Morgan fingerprint density at radius 3 is 2.81 bits per heavy atom. The molecule has 3 rings (SSSR count). The SMILES string of the molecule is Fc1cc(F)c2c(c1)CCC2C1CCCN1. The molecule has 1 saturated heterocycles. The van der Waals surface area contributed by atoms with Gasteiger partial charge in [0.2, 0.25) is 0 Å². The average Bonchev–Trinajstić information content (AvgIpc) is 2.82. The lowest BCUT2D eigenvalue weighted by Gasteiger charge is -2.20. The van der Waals surface area contributed by atoms with Crippen molar-refractivity contribution in [2.24, 2.45) is 0 Å². The molecule has 0 bridgehead atoms. The molecule has 1 aromatic carbocycles. The Hall–Kier alpha value is -0.960. The Morgan fingerprint density at radius 2 is 2.06 bits per heavy atom. The zero-order chi connectivity index (χ0) is 11.1. The van der Waals surface area contributed by atoms with Crippen LogP contribution in [0.25, 0.3) is 0 Å². The van der Waals surface area contributed by atoms with E-state index in [-0.39, 0.29) is 11.7 Å². The van der Waals surface area contributed by atoms with Gasteiger partial charge in [-0.3, -0.25) is 0 Å². The standard InChI is InChI=1S/C13H15F2N/c14-9-6-8-3-4-10(12-2-1-5-16-12)13(8)11(15)7-9/h6-7,10,12,16H,1-5H2. The molecule has 2 aliphatic rings. The fraction of sp³-hybridized carbons (Fsp3) is 0.538. The van der Waals surface area contributed by atoms with Crippen LogP contribution >= 0.6 is 0 Å². The molecule has 3 heteroatoms. The minimum Gasteiger partial charge on any atom is -0.313 e. The molecule has 0 saturated carbocycles. The Kier molecular flexibility index (Phi) is 2.43. The molecule has 2 atom stereocenters. The molecule has 1 nitrogen and oxygen atoms in total. The Morgan fingerprint density at radius 1 is 1.19 bits per heavy atom. The maximum absolute atomic E-state index is 13.8. The molecule has 2 unspecified atom stereocenters. The molecular weight excluding hydrogens is 208 g/mol. The van der Waals surface area contributed by atoms with Crippen LogP contribution in [0.5, 0.6) is 0 Å². The number of benzene rings is 1. The van der Waals surface area contributed by atoms with Crippen molar-refractivity contribution in [2.75, 3.05) is 6.54 Å². The maximum atomic E-state index is 13.8. The summed E-state index contributed by atoms with van der Waals surface area (Å²) < 4.78 is 26.9. The van der Waals surface area contributed by atoms with Crippen molar-refractivity contribution >= 4 is 0 Å². The first-order chi connectivity index (χ1) is 7.75. The third kappa shape index (κ3) is 1.54. The van der Waals surface area contributed by atoms with Gasteiger partial charge in [0, 0.05) is 18.0 Å². The van der Waals surface area contributed by atoms with E-state index < -0.39 is 5.82 Å². The molecule has 1 fully saturated rings. The first-order valence-electron chi connectivity index (χ1n) is 5.97. The van der Waals surface area contributed by atoms with Gasteiger partial charge in [0.1, 0.15) is 11.6 Å². The van der Waals surface area contributed by atoms with Gasteiger partial charge < -0.3 is 5.32 Å². The van der Waals surface area contributed by atoms with E-state index in [1.807, 2.05) is 0 Å². The van der Waals surface area contributed by atoms with E-state index in [2.05, 4.69) is 5.32 Å². The second kappa shape index (κ2) is 3.81. The molecule has 0 aromatic heterocycles. The van der Waals surface area contributed by atoms with Crippen molar-refractivity contribution in [3.63, 3.8) is 0 Å². The number of fused-ring (bicyclic) bond motifs is 1. The largest absolute Gasteiger partial charge is 0.313 e. The fourth-order valence-corrected chi connectivity index (χ4v) is 3.17. The second-order valence-electron chi connectivity index (χ2n) is 4.81. The average molecular weight is 223 g/mol. The molecule has 1 N–H and O–H groups in total. The first kappa shape index (κ1) is 10.2. The van der Waals surface area contributed by atoms with Crippen molar-refractivity contribution in [1.29, 1.82) is 0 Å². The third-order valence-corrected chi connectivity index (χ3v) is 3.86. The van der Waals surface area contributed by atoms with E-state index in [1.54, 1.807) is 0 Å². The molecule has 1 aliphatic heterocycles. The fourth-order valence-electron chi connectivity index (χ4n) is 3.17. The Labute approximate surface area is 93.9 Å². The molecule has 0 spiro atoms. The molecule has 86 valence electrons. The molecule has 1 aromatic rings. The summed E-state index contributed by atoms with van der Waals surface area (Å²) >= 11 is 0. The minimum atomic E-state index is -0.448. The highest BCUT2D eigenvalue weighted by molar-refractivity contribution is 5.38. The quantitative estimate of drug-likeness (QED) is 0.772. The maximum Gasteiger partial charge on any atom is 0.129 e. The summed E-state index contributed by atoms with van der Waals surface area (Å²) in [6.45, 7) is 1.03. The monoisotopic (exact) mass is 223 g/mol. The highest BCUT2D eigenvalue weighted by Gasteiger charge is 2.33. The molecular formula is C13H15F2N. The summed E-state index contributed by atoms with van der Waals surface area (Å²) in [4.78, 5) is 0. The molecule has 0 radical (unpaired) electrons. The summed E-state index contributed by atoms with van der Waals surface area (Å²) in [7, 11) is 0. The number of hydrogen-bond donors (Lipinski definition) is 1. The van der Waals surface area contributed by atoms with Crippen molar-refractivity contribution in [1.82, 2.24) is 5.32 Å². The normalized spacial score (nSPS) is 28.4. The number of aryl methyl sites for hydroxylation is 1. The van der Waals surface area contributed by atoms with Crippen LogP contribution < -0.4 is 5.32 Å². The van der Waals surface area contributed by atoms with Gasteiger partial charge >= 0.3 is 0 Å². The highest BCUT2D eigenvalue weighted by atomic mass is 19.1. The molecule has 0 amide bonds. The first-order valence-corrected chi connectivity index (χ1v) is 5.97. The smallest absolute Gasteiger partial charge is 0.129 e.